The fourth-order valence-electron chi connectivity index (χ4n) is 2.33. The number of hydrogen-bond donors (Lipinski definition) is 1. The van der Waals surface area contributed by atoms with E-state index in [9.17, 15) is 4.79 Å². The van der Waals surface area contributed by atoms with Crippen molar-refractivity contribution >= 4 is 21.8 Å². The Morgan fingerprint density at radius 2 is 1.74 bits per heavy atom. The van der Waals surface area contributed by atoms with E-state index in [-0.39, 0.29) is 11.9 Å². The van der Waals surface area contributed by atoms with Crippen molar-refractivity contribution in [2.75, 3.05) is 14.2 Å². The molecule has 0 radical (unpaired) electrons. The second kappa shape index (κ2) is 8.02. The summed E-state index contributed by atoms with van der Waals surface area (Å²) >= 11 is 3.37. The number of carbonyl (C=O) groups excluding carboxylic acids is 1. The minimum Gasteiger partial charge on any atom is -0.493 e. The summed E-state index contributed by atoms with van der Waals surface area (Å²) < 4.78 is 11.5. The van der Waals surface area contributed by atoms with Gasteiger partial charge in [-0.25, -0.2) is 0 Å². The molecule has 5 heteroatoms. The van der Waals surface area contributed by atoms with Crippen LogP contribution < -0.4 is 14.8 Å². The van der Waals surface area contributed by atoms with Gasteiger partial charge in [0.25, 0.3) is 5.91 Å². The maximum absolute atomic E-state index is 12.4. The molecule has 1 amide bonds. The van der Waals surface area contributed by atoms with Crippen molar-refractivity contribution in [1.82, 2.24) is 5.32 Å². The Morgan fingerprint density at radius 1 is 1.09 bits per heavy atom. The molecular formula is C18H20BrNO3. The molecule has 122 valence electrons. The molecule has 0 heterocycles. The molecule has 4 nitrogen and oxygen atoms in total. The number of rotatable bonds is 6. The molecule has 0 aromatic heterocycles. The van der Waals surface area contributed by atoms with Crippen LogP contribution in [0.1, 0.15) is 35.3 Å². The van der Waals surface area contributed by atoms with Gasteiger partial charge in [-0.3, -0.25) is 4.79 Å². The fourth-order valence-corrected chi connectivity index (χ4v) is 2.60. The summed E-state index contributed by atoms with van der Waals surface area (Å²) in [7, 11) is 3.20. The first-order chi connectivity index (χ1) is 11.1. The van der Waals surface area contributed by atoms with Crippen molar-refractivity contribution in [1.29, 1.82) is 0 Å². The molecule has 0 saturated heterocycles. The Morgan fingerprint density at radius 3 is 2.30 bits per heavy atom. The zero-order valence-electron chi connectivity index (χ0n) is 13.4. The normalized spacial score (nSPS) is 11.7. The van der Waals surface area contributed by atoms with Gasteiger partial charge in [0, 0.05) is 10.0 Å². The standard InChI is InChI=1S/C18H20BrNO3/c1-4-15(13-7-10-16(22-2)17(11-13)23-3)20-18(21)12-5-8-14(19)9-6-12/h5-11,15H,4H2,1-3H3,(H,20,21)/t15-/m0/s1. The monoisotopic (exact) mass is 377 g/mol. The molecule has 0 aliphatic rings. The second-order valence-electron chi connectivity index (χ2n) is 5.06. The number of methoxy groups -OCH3 is 2. The maximum atomic E-state index is 12.4. The third kappa shape index (κ3) is 4.26. The average Bonchev–Trinajstić information content (AvgIpc) is 2.59. The number of halogens is 1. The molecule has 1 N–H and O–H groups in total. The minimum absolute atomic E-state index is 0.0917. The molecule has 0 spiro atoms. The van der Waals surface area contributed by atoms with Crippen LogP contribution in [0, 0.1) is 0 Å². The second-order valence-corrected chi connectivity index (χ2v) is 5.97. The lowest BCUT2D eigenvalue weighted by Gasteiger charge is -2.19. The lowest BCUT2D eigenvalue weighted by molar-refractivity contribution is 0.0935. The number of ether oxygens (including phenoxy) is 2. The molecule has 0 fully saturated rings. The van der Waals surface area contributed by atoms with Gasteiger partial charge in [0.2, 0.25) is 0 Å². The van der Waals surface area contributed by atoms with Crippen LogP contribution in [0.4, 0.5) is 0 Å². The van der Waals surface area contributed by atoms with Crippen molar-refractivity contribution in [2.45, 2.75) is 19.4 Å². The van der Waals surface area contributed by atoms with E-state index < -0.39 is 0 Å². The van der Waals surface area contributed by atoms with Gasteiger partial charge in [0.05, 0.1) is 20.3 Å². The quantitative estimate of drug-likeness (QED) is 0.813. The van der Waals surface area contributed by atoms with Gasteiger partial charge in [0.1, 0.15) is 0 Å². The van der Waals surface area contributed by atoms with Crippen molar-refractivity contribution in [2.24, 2.45) is 0 Å². The third-order valence-corrected chi connectivity index (χ3v) is 4.16. The predicted octanol–water partition coefficient (Wildman–Crippen LogP) is 4.35. The van der Waals surface area contributed by atoms with Gasteiger partial charge in [0.15, 0.2) is 11.5 Å². The molecule has 0 unspecified atom stereocenters. The van der Waals surface area contributed by atoms with E-state index in [2.05, 4.69) is 21.2 Å². The molecule has 0 aliphatic heterocycles. The molecule has 1 atom stereocenters. The van der Waals surface area contributed by atoms with E-state index in [1.807, 2.05) is 37.3 Å². The number of hydrogen-bond acceptors (Lipinski definition) is 3. The van der Waals surface area contributed by atoms with E-state index in [1.54, 1.807) is 26.4 Å². The highest BCUT2D eigenvalue weighted by atomic mass is 79.9. The van der Waals surface area contributed by atoms with Crippen LogP contribution in [0.5, 0.6) is 11.5 Å². The first kappa shape index (κ1) is 17.3. The van der Waals surface area contributed by atoms with Crippen LogP contribution in [0.2, 0.25) is 0 Å². The van der Waals surface area contributed by atoms with Gasteiger partial charge >= 0.3 is 0 Å². The van der Waals surface area contributed by atoms with Crippen LogP contribution in [-0.2, 0) is 0 Å². The molecule has 2 aromatic carbocycles. The topological polar surface area (TPSA) is 47.6 Å². The van der Waals surface area contributed by atoms with Gasteiger partial charge in [-0.2, -0.15) is 0 Å². The van der Waals surface area contributed by atoms with Gasteiger partial charge in [-0.1, -0.05) is 28.9 Å². The number of benzene rings is 2. The SMILES string of the molecule is CC[C@H](NC(=O)c1ccc(Br)cc1)c1ccc(OC)c(OC)c1. The molecule has 0 saturated carbocycles. The first-order valence-electron chi connectivity index (χ1n) is 7.37. The van der Waals surface area contributed by atoms with Gasteiger partial charge in [-0.05, 0) is 48.4 Å². The predicted molar refractivity (Wildman–Crippen MR) is 94.2 cm³/mol. The van der Waals surface area contributed by atoms with E-state index in [4.69, 9.17) is 9.47 Å². The van der Waals surface area contributed by atoms with E-state index in [1.165, 1.54) is 0 Å². The summed E-state index contributed by atoms with van der Waals surface area (Å²) in [5, 5.41) is 3.06. The Hall–Kier alpha value is -2.01. The summed E-state index contributed by atoms with van der Waals surface area (Å²) in [6.45, 7) is 2.03. The largest absolute Gasteiger partial charge is 0.493 e. The molecule has 0 bridgehead atoms. The number of carbonyl (C=O) groups is 1. The average molecular weight is 378 g/mol. The van der Waals surface area contributed by atoms with E-state index in [0.717, 1.165) is 16.5 Å². The maximum Gasteiger partial charge on any atom is 0.251 e. The Bertz CT molecular complexity index is 670. The third-order valence-electron chi connectivity index (χ3n) is 3.63. The highest BCUT2D eigenvalue weighted by Gasteiger charge is 2.16. The van der Waals surface area contributed by atoms with Crippen molar-refractivity contribution < 1.29 is 14.3 Å². The molecule has 23 heavy (non-hydrogen) atoms. The summed E-state index contributed by atoms with van der Waals surface area (Å²) in [5.74, 6) is 1.23. The number of nitrogens with one attached hydrogen (secondary N) is 1. The zero-order valence-corrected chi connectivity index (χ0v) is 15.0. The van der Waals surface area contributed by atoms with Crippen molar-refractivity contribution in [3.63, 3.8) is 0 Å². The van der Waals surface area contributed by atoms with Crippen LogP contribution >= 0.6 is 15.9 Å². The van der Waals surface area contributed by atoms with Crippen LogP contribution in [0.15, 0.2) is 46.9 Å². The molecule has 2 rings (SSSR count). The first-order valence-corrected chi connectivity index (χ1v) is 8.16. The molecular weight excluding hydrogens is 358 g/mol. The number of amides is 1. The fraction of sp³-hybridized carbons (Fsp3) is 0.278. The van der Waals surface area contributed by atoms with Gasteiger partial charge in [-0.15, -0.1) is 0 Å². The molecule has 2 aromatic rings. The van der Waals surface area contributed by atoms with Crippen molar-refractivity contribution in [3.05, 3.63) is 58.1 Å². The highest BCUT2D eigenvalue weighted by Crippen LogP contribution is 2.31. The van der Waals surface area contributed by atoms with Crippen molar-refractivity contribution in [3.8, 4) is 11.5 Å². The Labute approximate surface area is 144 Å². The summed E-state index contributed by atoms with van der Waals surface area (Å²) in [6, 6.07) is 12.9. The lowest BCUT2D eigenvalue weighted by Crippen LogP contribution is -2.28. The summed E-state index contributed by atoms with van der Waals surface area (Å²) in [4.78, 5) is 12.4. The van der Waals surface area contributed by atoms with Crippen LogP contribution in [0.3, 0.4) is 0 Å². The summed E-state index contributed by atoms with van der Waals surface area (Å²) in [6.07, 6.45) is 0.776. The Balaban J connectivity index is 2.19. The van der Waals surface area contributed by atoms with Crippen LogP contribution in [-0.4, -0.2) is 20.1 Å². The molecule has 0 aliphatic carbocycles. The zero-order chi connectivity index (χ0) is 16.8. The smallest absolute Gasteiger partial charge is 0.251 e. The van der Waals surface area contributed by atoms with E-state index >= 15 is 0 Å². The van der Waals surface area contributed by atoms with Gasteiger partial charge < -0.3 is 14.8 Å². The van der Waals surface area contributed by atoms with Crippen LogP contribution in [0.25, 0.3) is 0 Å². The van der Waals surface area contributed by atoms with E-state index in [0.29, 0.717) is 17.1 Å². The Kier molecular flexibility index (Phi) is 6.04. The summed E-state index contributed by atoms with van der Waals surface area (Å²) in [5.41, 5.74) is 1.61. The highest BCUT2D eigenvalue weighted by molar-refractivity contribution is 9.10. The minimum atomic E-state index is -0.0980. The lowest BCUT2D eigenvalue weighted by atomic mass is 10.0.